The second-order valence-corrected chi connectivity index (χ2v) is 6.20. The number of nitrogens with two attached hydrogens (primary N) is 1. The smallest absolute Gasteiger partial charge is 0.0860 e. The molecule has 1 aromatic carbocycles. The van der Waals surface area contributed by atoms with Gasteiger partial charge in [-0.3, -0.25) is 0 Å². The van der Waals surface area contributed by atoms with Gasteiger partial charge in [0.15, 0.2) is 0 Å². The minimum absolute atomic E-state index is 0.120. The monoisotopic (exact) mass is 261 g/mol. The summed E-state index contributed by atoms with van der Waals surface area (Å²) in [7, 11) is 0. The normalized spacial score (nSPS) is 29.2. The summed E-state index contributed by atoms with van der Waals surface area (Å²) < 4.78 is 0. The molecule has 106 valence electrons. The number of rotatable bonds is 4. The summed E-state index contributed by atoms with van der Waals surface area (Å²) in [6.07, 6.45) is 5.37. The Bertz CT molecular complexity index is 417. The van der Waals surface area contributed by atoms with Gasteiger partial charge in [-0.15, -0.1) is 0 Å². The van der Waals surface area contributed by atoms with E-state index >= 15 is 0 Å². The van der Waals surface area contributed by atoms with Gasteiger partial charge in [-0.25, -0.2) is 0 Å². The molecule has 0 aromatic heterocycles. The lowest BCUT2D eigenvalue weighted by Crippen LogP contribution is -2.41. The van der Waals surface area contributed by atoms with Crippen molar-refractivity contribution in [1.29, 1.82) is 0 Å². The maximum absolute atomic E-state index is 10.9. The van der Waals surface area contributed by atoms with Crippen molar-refractivity contribution < 1.29 is 5.11 Å². The second kappa shape index (κ2) is 6.06. The van der Waals surface area contributed by atoms with Gasteiger partial charge in [0, 0.05) is 12.0 Å². The fourth-order valence-corrected chi connectivity index (χ4v) is 3.64. The molecule has 0 bridgehead atoms. The van der Waals surface area contributed by atoms with Crippen LogP contribution >= 0.6 is 0 Å². The van der Waals surface area contributed by atoms with Gasteiger partial charge in [0.25, 0.3) is 0 Å². The summed E-state index contributed by atoms with van der Waals surface area (Å²) in [4.78, 5) is 0. The Kier molecular flexibility index (Phi) is 4.64. The fraction of sp³-hybridized carbons (Fsp3) is 0.647. The van der Waals surface area contributed by atoms with Crippen molar-refractivity contribution in [2.45, 2.75) is 52.1 Å². The first-order chi connectivity index (χ1) is 9.13. The molecule has 3 N–H and O–H groups in total. The quantitative estimate of drug-likeness (QED) is 0.870. The molecule has 2 heteroatoms. The SMILES string of the molecule is CCC1CCCC(CN)(C(O)c2ccccc2C)C1. The van der Waals surface area contributed by atoms with Crippen LogP contribution in [-0.4, -0.2) is 11.7 Å². The Morgan fingerprint density at radius 1 is 1.42 bits per heavy atom. The van der Waals surface area contributed by atoms with Crippen molar-refractivity contribution in [1.82, 2.24) is 0 Å². The van der Waals surface area contributed by atoms with Crippen molar-refractivity contribution in [3.63, 3.8) is 0 Å². The van der Waals surface area contributed by atoms with Crippen molar-refractivity contribution in [3.8, 4) is 0 Å². The Balaban J connectivity index is 2.28. The van der Waals surface area contributed by atoms with E-state index in [1.807, 2.05) is 18.2 Å². The average Bonchev–Trinajstić information content (AvgIpc) is 2.47. The Morgan fingerprint density at radius 2 is 2.16 bits per heavy atom. The summed E-state index contributed by atoms with van der Waals surface area (Å²) in [5.41, 5.74) is 8.19. The molecule has 0 heterocycles. The highest BCUT2D eigenvalue weighted by atomic mass is 16.3. The molecule has 3 unspecified atom stereocenters. The molecule has 1 aliphatic carbocycles. The van der Waals surface area contributed by atoms with Gasteiger partial charge in [0.1, 0.15) is 0 Å². The van der Waals surface area contributed by atoms with Crippen LogP contribution in [0.25, 0.3) is 0 Å². The molecule has 19 heavy (non-hydrogen) atoms. The molecule has 3 atom stereocenters. The van der Waals surface area contributed by atoms with Gasteiger partial charge in [0.05, 0.1) is 6.10 Å². The largest absolute Gasteiger partial charge is 0.388 e. The lowest BCUT2D eigenvalue weighted by atomic mass is 9.64. The van der Waals surface area contributed by atoms with E-state index in [4.69, 9.17) is 5.73 Å². The maximum Gasteiger partial charge on any atom is 0.0860 e. The van der Waals surface area contributed by atoms with Crippen LogP contribution in [0.15, 0.2) is 24.3 Å². The fourth-order valence-electron chi connectivity index (χ4n) is 3.64. The Labute approximate surface area is 117 Å². The topological polar surface area (TPSA) is 46.2 Å². The first-order valence-corrected chi connectivity index (χ1v) is 7.56. The predicted octanol–water partition coefficient (Wildman–Crippen LogP) is 3.57. The zero-order chi connectivity index (χ0) is 13.9. The van der Waals surface area contributed by atoms with Gasteiger partial charge >= 0.3 is 0 Å². The molecular formula is C17H27NO. The van der Waals surface area contributed by atoms with Crippen molar-refractivity contribution in [2.24, 2.45) is 17.1 Å². The number of aliphatic hydroxyl groups excluding tert-OH is 1. The summed E-state index contributed by atoms with van der Waals surface area (Å²) in [6, 6.07) is 8.15. The number of hydrogen-bond donors (Lipinski definition) is 2. The Morgan fingerprint density at radius 3 is 2.79 bits per heavy atom. The van der Waals surface area contributed by atoms with E-state index < -0.39 is 6.10 Å². The summed E-state index contributed by atoms with van der Waals surface area (Å²) >= 11 is 0. The number of aryl methyl sites for hydroxylation is 1. The third-order valence-corrected chi connectivity index (χ3v) is 5.03. The van der Waals surface area contributed by atoms with Gasteiger partial charge in [-0.2, -0.15) is 0 Å². The van der Waals surface area contributed by atoms with E-state index in [1.165, 1.54) is 24.8 Å². The zero-order valence-electron chi connectivity index (χ0n) is 12.2. The Hall–Kier alpha value is -0.860. The van der Waals surface area contributed by atoms with E-state index in [0.29, 0.717) is 6.54 Å². The highest BCUT2D eigenvalue weighted by Crippen LogP contribution is 2.48. The van der Waals surface area contributed by atoms with E-state index in [9.17, 15) is 5.11 Å². The minimum Gasteiger partial charge on any atom is -0.388 e. The molecule has 0 saturated heterocycles. The molecule has 0 radical (unpaired) electrons. The van der Waals surface area contributed by atoms with Gasteiger partial charge in [-0.1, -0.05) is 50.5 Å². The van der Waals surface area contributed by atoms with E-state index in [1.54, 1.807) is 0 Å². The molecule has 1 fully saturated rings. The third-order valence-electron chi connectivity index (χ3n) is 5.03. The van der Waals surface area contributed by atoms with Crippen LogP contribution in [0.2, 0.25) is 0 Å². The van der Waals surface area contributed by atoms with Crippen LogP contribution in [-0.2, 0) is 0 Å². The first kappa shape index (κ1) is 14.5. The molecule has 2 nitrogen and oxygen atoms in total. The van der Waals surface area contributed by atoms with E-state index in [0.717, 1.165) is 24.3 Å². The summed E-state index contributed by atoms with van der Waals surface area (Å²) in [6.45, 7) is 4.90. The van der Waals surface area contributed by atoms with Gasteiger partial charge in [0.2, 0.25) is 0 Å². The molecular weight excluding hydrogens is 234 g/mol. The highest BCUT2D eigenvalue weighted by molar-refractivity contribution is 5.29. The highest BCUT2D eigenvalue weighted by Gasteiger charge is 2.41. The van der Waals surface area contributed by atoms with Crippen molar-refractivity contribution >= 4 is 0 Å². The minimum atomic E-state index is -0.423. The van der Waals surface area contributed by atoms with Crippen LogP contribution in [0.3, 0.4) is 0 Å². The second-order valence-electron chi connectivity index (χ2n) is 6.20. The molecule has 0 aliphatic heterocycles. The van der Waals surface area contributed by atoms with E-state index in [2.05, 4.69) is 19.9 Å². The summed E-state index contributed by atoms with van der Waals surface area (Å²) in [5.74, 6) is 0.718. The predicted molar refractivity (Wildman–Crippen MR) is 79.9 cm³/mol. The lowest BCUT2D eigenvalue weighted by Gasteiger charge is -2.44. The first-order valence-electron chi connectivity index (χ1n) is 7.56. The van der Waals surface area contributed by atoms with Crippen LogP contribution in [0.5, 0.6) is 0 Å². The molecule has 1 aromatic rings. The van der Waals surface area contributed by atoms with Crippen molar-refractivity contribution in [2.75, 3.05) is 6.54 Å². The van der Waals surface area contributed by atoms with Crippen LogP contribution < -0.4 is 5.73 Å². The molecule has 0 amide bonds. The lowest BCUT2D eigenvalue weighted by molar-refractivity contribution is -0.0165. The number of aliphatic hydroxyl groups is 1. The molecule has 1 aliphatic rings. The number of benzene rings is 1. The average molecular weight is 261 g/mol. The van der Waals surface area contributed by atoms with Gasteiger partial charge < -0.3 is 10.8 Å². The third kappa shape index (κ3) is 2.85. The standard InChI is InChI=1S/C17H27NO/c1-3-14-8-6-10-17(11-14,12-18)16(19)15-9-5-4-7-13(15)2/h4-5,7,9,14,16,19H,3,6,8,10-12,18H2,1-2H3. The zero-order valence-corrected chi connectivity index (χ0v) is 12.2. The molecule has 2 rings (SSSR count). The van der Waals surface area contributed by atoms with Crippen LogP contribution in [0.1, 0.15) is 56.3 Å². The molecule has 1 saturated carbocycles. The van der Waals surface area contributed by atoms with Crippen LogP contribution in [0, 0.1) is 18.3 Å². The number of hydrogen-bond acceptors (Lipinski definition) is 2. The van der Waals surface area contributed by atoms with Gasteiger partial charge in [-0.05, 0) is 36.8 Å². The summed E-state index contributed by atoms with van der Waals surface area (Å²) in [5, 5.41) is 10.9. The molecule has 0 spiro atoms. The maximum atomic E-state index is 10.9. The van der Waals surface area contributed by atoms with E-state index in [-0.39, 0.29) is 5.41 Å². The van der Waals surface area contributed by atoms with Crippen LogP contribution in [0.4, 0.5) is 0 Å². The van der Waals surface area contributed by atoms with Crippen molar-refractivity contribution in [3.05, 3.63) is 35.4 Å².